The van der Waals surface area contributed by atoms with Gasteiger partial charge in [-0.3, -0.25) is 30.6 Å². The summed E-state index contributed by atoms with van der Waals surface area (Å²) in [5, 5.41) is 10.9. The summed E-state index contributed by atoms with van der Waals surface area (Å²) in [7, 11) is 0. The zero-order valence-corrected chi connectivity index (χ0v) is 16.7. The quantitative estimate of drug-likeness (QED) is 0.483. The lowest BCUT2D eigenvalue weighted by Crippen LogP contribution is -2.42. The van der Waals surface area contributed by atoms with Crippen LogP contribution in [0.4, 0.5) is 11.4 Å². The van der Waals surface area contributed by atoms with Gasteiger partial charge in [-0.05, 0) is 37.1 Å². The summed E-state index contributed by atoms with van der Waals surface area (Å²) >= 11 is 0. The van der Waals surface area contributed by atoms with Gasteiger partial charge in [-0.15, -0.1) is 0 Å². The number of para-hydroxylation sites is 1. The molecule has 1 atom stereocenters. The number of nitro benzene ring substituents is 1. The lowest BCUT2D eigenvalue weighted by atomic mass is 10.1. The average Bonchev–Trinajstić information content (AvgIpc) is 3.36. The van der Waals surface area contributed by atoms with Crippen molar-refractivity contribution >= 4 is 23.2 Å². The number of carbonyl (C=O) groups excluding carboxylic acids is 2. The highest BCUT2D eigenvalue weighted by atomic mass is 16.6. The summed E-state index contributed by atoms with van der Waals surface area (Å²) in [4.78, 5) is 37.3. The van der Waals surface area contributed by atoms with Crippen LogP contribution in [-0.4, -0.2) is 22.8 Å². The molecule has 1 aromatic heterocycles. The topological polar surface area (TPSA) is 118 Å². The number of carbonyl (C=O) groups is 2. The molecule has 9 nitrogen and oxygen atoms in total. The van der Waals surface area contributed by atoms with Crippen molar-refractivity contribution in [3.63, 3.8) is 0 Å². The summed E-state index contributed by atoms with van der Waals surface area (Å²) < 4.78 is 5.55. The molecule has 2 aromatic carbocycles. The first kappa shape index (κ1) is 20.1. The van der Waals surface area contributed by atoms with Crippen molar-refractivity contribution in [2.45, 2.75) is 25.9 Å². The summed E-state index contributed by atoms with van der Waals surface area (Å²) in [6.45, 7) is 2.52. The lowest BCUT2D eigenvalue weighted by molar-refractivity contribution is -0.384. The maximum Gasteiger partial charge on any atom is 0.273 e. The van der Waals surface area contributed by atoms with E-state index in [1.807, 2.05) is 18.2 Å². The van der Waals surface area contributed by atoms with Crippen molar-refractivity contribution in [1.82, 2.24) is 10.9 Å². The fourth-order valence-corrected chi connectivity index (χ4v) is 3.70. The zero-order valence-electron chi connectivity index (χ0n) is 16.7. The molecule has 2 heterocycles. The molecule has 0 saturated heterocycles. The molecule has 0 aliphatic carbocycles. The molecular formula is C22H20N4O5. The van der Waals surface area contributed by atoms with Gasteiger partial charge in [0.15, 0.2) is 0 Å². The van der Waals surface area contributed by atoms with Gasteiger partial charge >= 0.3 is 0 Å². The predicted molar refractivity (Wildman–Crippen MR) is 113 cm³/mol. The molecule has 31 heavy (non-hydrogen) atoms. The van der Waals surface area contributed by atoms with Crippen LogP contribution < -0.4 is 15.8 Å². The number of non-ortho nitro benzene ring substituents is 1. The van der Waals surface area contributed by atoms with E-state index in [2.05, 4.69) is 28.7 Å². The second kappa shape index (κ2) is 8.31. The third-order valence-electron chi connectivity index (χ3n) is 5.26. The Morgan fingerprint density at radius 1 is 1.13 bits per heavy atom. The summed E-state index contributed by atoms with van der Waals surface area (Å²) in [5.41, 5.74) is 7.13. The van der Waals surface area contributed by atoms with E-state index in [9.17, 15) is 19.7 Å². The van der Waals surface area contributed by atoms with Crippen LogP contribution in [0, 0.1) is 10.1 Å². The van der Waals surface area contributed by atoms with Crippen LogP contribution in [0.1, 0.15) is 39.0 Å². The van der Waals surface area contributed by atoms with Crippen LogP contribution in [0.2, 0.25) is 0 Å². The van der Waals surface area contributed by atoms with E-state index in [4.69, 9.17) is 4.42 Å². The maximum atomic E-state index is 12.6. The summed E-state index contributed by atoms with van der Waals surface area (Å²) in [6.07, 6.45) is 2.34. The molecule has 0 fully saturated rings. The Labute approximate surface area is 177 Å². The van der Waals surface area contributed by atoms with Crippen molar-refractivity contribution in [2.75, 3.05) is 4.90 Å². The standard InChI is InChI=1S/C22H20N4O5/c1-14-11-15-5-2-3-8-19(15)25(14)13-20-18(9-10-31-20)22(28)24-23-21(27)16-6-4-7-17(12-16)26(29)30/h2-10,12,14H,11,13H2,1H3,(H,23,27)(H,24,28). The lowest BCUT2D eigenvalue weighted by Gasteiger charge is -2.24. The molecule has 9 heteroatoms. The van der Waals surface area contributed by atoms with E-state index in [1.54, 1.807) is 0 Å². The van der Waals surface area contributed by atoms with Crippen LogP contribution in [0.15, 0.2) is 65.3 Å². The van der Waals surface area contributed by atoms with Crippen LogP contribution in [0.25, 0.3) is 0 Å². The molecule has 2 amide bonds. The minimum atomic E-state index is -0.663. The Morgan fingerprint density at radius 2 is 1.90 bits per heavy atom. The molecule has 2 N–H and O–H groups in total. The number of hydrazine groups is 1. The number of anilines is 1. The summed E-state index contributed by atoms with van der Waals surface area (Å²) in [6, 6.07) is 15.1. The normalized spacial score (nSPS) is 14.7. The number of fused-ring (bicyclic) bond motifs is 1. The van der Waals surface area contributed by atoms with Crippen molar-refractivity contribution < 1.29 is 18.9 Å². The molecule has 0 radical (unpaired) electrons. The Hall–Kier alpha value is -4.14. The predicted octanol–water partition coefficient (Wildman–Crippen LogP) is 3.21. The summed E-state index contributed by atoms with van der Waals surface area (Å²) in [5.74, 6) is -0.725. The fraction of sp³-hybridized carbons (Fsp3) is 0.182. The Bertz CT molecular complexity index is 1160. The third kappa shape index (κ3) is 4.11. The second-order valence-corrected chi connectivity index (χ2v) is 7.28. The number of hydrogen-bond acceptors (Lipinski definition) is 6. The van der Waals surface area contributed by atoms with Gasteiger partial charge in [-0.2, -0.15) is 0 Å². The van der Waals surface area contributed by atoms with Gasteiger partial charge in [0.1, 0.15) is 5.76 Å². The molecule has 1 unspecified atom stereocenters. The van der Waals surface area contributed by atoms with E-state index < -0.39 is 16.7 Å². The number of benzene rings is 2. The van der Waals surface area contributed by atoms with E-state index in [-0.39, 0.29) is 17.3 Å². The van der Waals surface area contributed by atoms with Gasteiger partial charge in [0.25, 0.3) is 17.5 Å². The van der Waals surface area contributed by atoms with E-state index >= 15 is 0 Å². The van der Waals surface area contributed by atoms with Crippen LogP contribution in [0.5, 0.6) is 0 Å². The Balaban J connectivity index is 1.43. The highest BCUT2D eigenvalue weighted by Crippen LogP contribution is 2.33. The molecular weight excluding hydrogens is 400 g/mol. The molecule has 4 rings (SSSR count). The Kier molecular flexibility index (Phi) is 5.40. The van der Waals surface area contributed by atoms with Gasteiger partial charge in [0.2, 0.25) is 0 Å². The highest BCUT2D eigenvalue weighted by Gasteiger charge is 2.28. The zero-order chi connectivity index (χ0) is 22.0. The van der Waals surface area contributed by atoms with Gasteiger partial charge in [0, 0.05) is 29.4 Å². The Morgan fingerprint density at radius 3 is 2.71 bits per heavy atom. The molecule has 1 aliphatic rings. The largest absolute Gasteiger partial charge is 0.467 e. The van der Waals surface area contributed by atoms with Crippen molar-refractivity contribution in [1.29, 1.82) is 0 Å². The average molecular weight is 420 g/mol. The fourth-order valence-electron chi connectivity index (χ4n) is 3.70. The molecule has 1 aliphatic heterocycles. The molecule has 0 bridgehead atoms. The van der Waals surface area contributed by atoms with E-state index in [0.29, 0.717) is 17.9 Å². The number of nitro groups is 1. The van der Waals surface area contributed by atoms with Crippen LogP contribution in [0.3, 0.4) is 0 Å². The second-order valence-electron chi connectivity index (χ2n) is 7.28. The number of amides is 2. The minimum absolute atomic E-state index is 0.0596. The number of hydrogen-bond donors (Lipinski definition) is 2. The van der Waals surface area contributed by atoms with Crippen LogP contribution in [-0.2, 0) is 13.0 Å². The van der Waals surface area contributed by atoms with Crippen molar-refractivity contribution in [3.8, 4) is 0 Å². The van der Waals surface area contributed by atoms with E-state index in [0.717, 1.165) is 18.2 Å². The van der Waals surface area contributed by atoms with Gasteiger partial charge in [0.05, 0.1) is 23.3 Å². The van der Waals surface area contributed by atoms with E-state index in [1.165, 1.54) is 36.1 Å². The third-order valence-corrected chi connectivity index (χ3v) is 5.26. The highest BCUT2D eigenvalue weighted by molar-refractivity contribution is 5.99. The van der Waals surface area contributed by atoms with Gasteiger partial charge < -0.3 is 9.32 Å². The SMILES string of the molecule is CC1Cc2ccccc2N1Cc1occc1C(=O)NNC(=O)c1cccc([N+](=O)[O-])c1. The smallest absolute Gasteiger partial charge is 0.273 e. The maximum absolute atomic E-state index is 12.6. The first-order valence-electron chi connectivity index (χ1n) is 9.70. The van der Waals surface area contributed by atoms with Gasteiger partial charge in [-0.25, -0.2) is 0 Å². The molecule has 158 valence electrons. The number of rotatable bonds is 5. The molecule has 0 saturated carbocycles. The molecule has 3 aromatic rings. The first-order valence-corrected chi connectivity index (χ1v) is 9.70. The minimum Gasteiger partial charge on any atom is -0.467 e. The number of nitrogens with zero attached hydrogens (tertiary/aromatic N) is 2. The van der Waals surface area contributed by atoms with Crippen molar-refractivity contribution in [2.24, 2.45) is 0 Å². The number of nitrogens with one attached hydrogen (secondary N) is 2. The van der Waals surface area contributed by atoms with Gasteiger partial charge in [-0.1, -0.05) is 24.3 Å². The monoisotopic (exact) mass is 420 g/mol. The molecule has 0 spiro atoms. The van der Waals surface area contributed by atoms with Crippen LogP contribution >= 0.6 is 0 Å². The van der Waals surface area contributed by atoms with Crippen molar-refractivity contribution in [3.05, 3.63) is 93.4 Å². The number of furan rings is 1. The first-order chi connectivity index (χ1) is 14.9.